The molecule has 1 aliphatic carbocycles. The second-order valence-electron chi connectivity index (χ2n) is 8.59. The number of unbranched alkanes of at least 4 members (excludes halogenated alkanes) is 2. The number of phosphoric ester groups is 1. The molecule has 28 heavy (non-hydrogen) atoms. The summed E-state index contributed by atoms with van der Waals surface area (Å²) in [6.45, 7) is 8.59. The van der Waals surface area contributed by atoms with Crippen molar-refractivity contribution in [3.8, 4) is 11.5 Å². The Morgan fingerprint density at radius 1 is 1.32 bits per heavy atom. The second-order valence-corrected chi connectivity index (χ2v) is 10.1. The maximum atomic E-state index is 12.2. The Kier molecular flexibility index (Phi) is 6.29. The lowest BCUT2D eigenvalue weighted by molar-refractivity contribution is 0.0109. The lowest BCUT2D eigenvalue weighted by Crippen LogP contribution is -2.45. The van der Waals surface area contributed by atoms with Gasteiger partial charge in [-0.25, -0.2) is 4.57 Å². The molecule has 0 saturated heterocycles. The van der Waals surface area contributed by atoms with Gasteiger partial charge in [-0.3, -0.25) is 9.42 Å². The van der Waals surface area contributed by atoms with Crippen molar-refractivity contribution in [1.29, 1.82) is 0 Å². The van der Waals surface area contributed by atoms with Gasteiger partial charge in [0, 0.05) is 24.5 Å². The minimum Gasteiger partial charge on any atom is -0.487 e. The molecule has 3 atom stereocenters. The van der Waals surface area contributed by atoms with Crippen LogP contribution in [0.15, 0.2) is 23.8 Å². The average molecular weight is 408 g/mol. The fourth-order valence-electron chi connectivity index (χ4n) is 4.52. The summed E-state index contributed by atoms with van der Waals surface area (Å²) in [5.41, 5.74) is 2.96. The first-order valence-corrected chi connectivity index (χ1v) is 11.8. The smallest absolute Gasteiger partial charge is 0.487 e. The third kappa shape index (κ3) is 4.48. The summed E-state index contributed by atoms with van der Waals surface area (Å²) in [4.78, 5) is 9.99. The molecule has 0 radical (unpaired) electrons. The van der Waals surface area contributed by atoms with Crippen LogP contribution in [0.5, 0.6) is 11.5 Å². The number of phosphoric acid groups is 1. The minimum atomic E-state index is -4.16. The Hall–Kier alpha value is -1.29. The molecule has 1 N–H and O–H groups in total. The maximum Gasteiger partial charge on any atom is 0.527 e. The zero-order valence-electron chi connectivity index (χ0n) is 17.7. The van der Waals surface area contributed by atoms with Crippen LogP contribution in [0.4, 0.5) is 0 Å². The van der Waals surface area contributed by atoms with E-state index < -0.39 is 7.82 Å². The van der Waals surface area contributed by atoms with E-state index in [0.29, 0.717) is 5.75 Å². The third-order valence-corrected chi connectivity index (χ3v) is 6.91. The molecule has 0 bridgehead atoms. The molecule has 5 nitrogen and oxygen atoms in total. The van der Waals surface area contributed by atoms with Gasteiger partial charge < -0.3 is 9.26 Å². The number of fused-ring (bicyclic) bond motifs is 3. The van der Waals surface area contributed by atoms with E-state index in [2.05, 4.69) is 39.8 Å². The van der Waals surface area contributed by atoms with Crippen molar-refractivity contribution in [2.24, 2.45) is 5.92 Å². The molecule has 0 fully saturated rings. The van der Waals surface area contributed by atoms with Gasteiger partial charge in [-0.2, -0.15) is 0 Å². The van der Waals surface area contributed by atoms with E-state index in [1.54, 1.807) is 0 Å². The van der Waals surface area contributed by atoms with E-state index in [-0.39, 0.29) is 17.4 Å². The van der Waals surface area contributed by atoms with Crippen molar-refractivity contribution in [2.75, 3.05) is 7.11 Å². The summed E-state index contributed by atoms with van der Waals surface area (Å²) in [6, 6.07) is 3.98. The van der Waals surface area contributed by atoms with Gasteiger partial charge in [-0.1, -0.05) is 31.4 Å². The summed E-state index contributed by atoms with van der Waals surface area (Å²) in [6.07, 6.45) is 8.57. The van der Waals surface area contributed by atoms with Gasteiger partial charge in [0.15, 0.2) is 0 Å². The van der Waals surface area contributed by atoms with Gasteiger partial charge in [0.25, 0.3) is 0 Å². The lowest BCUT2D eigenvalue weighted by atomic mass is 9.68. The highest BCUT2D eigenvalue weighted by Gasteiger charge is 2.46. The molecular weight excluding hydrogens is 375 g/mol. The van der Waals surface area contributed by atoms with Crippen LogP contribution in [0.1, 0.15) is 76.8 Å². The number of benzene rings is 1. The minimum absolute atomic E-state index is 0.101. The highest BCUT2D eigenvalue weighted by Crippen LogP contribution is 2.56. The largest absolute Gasteiger partial charge is 0.527 e. The van der Waals surface area contributed by atoms with Crippen LogP contribution in [-0.2, 0) is 15.5 Å². The average Bonchev–Trinajstić information content (AvgIpc) is 2.60. The van der Waals surface area contributed by atoms with Crippen LogP contribution in [0, 0.1) is 5.92 Å². The quantitative estimate of drug-likeness (QED) is 0.333. The molecule has 0 spiro atoms. The SMILES string of the molecule is CCCCCc1cc2c(c(OP(=O)(O)OC)c1)[C@@H]1C=C(C)CC[C@H]1C(C)(C)O2. The first-order valence-electron chi connectivity index (χ1n) is 10.3. The van der Waals surface area contributed by atoms with Crippen molar-refractivity contribution in [3.63, 3.8) is 0 Å². The fraction of sp³-hybridized carbons (Fsp3) is 0.636. The molecule has 156 valence electrons. The van der Waals surface area contributed by atoms with E-state index in [9.17, 15) is 9.46 Å². The van der Waals surface area contributed by atoms with E-state index in [1.165, 1.54) is 12.7 Å². The Labute approximate surface area is 168 Å². The fourth-order valence-corrected chi connectivity index (χ4v) is 5.00. The molecule has 0 aromatic heterocycles. The summed E-state index contributed by atoms with van der Waals surface area (Å²) in [5.74, 6) is 1.56. The zero-order valence-corrected chi connectivity index (χ0v) is 18.6. The summed E-state index contributed by atoms with van der Waals surface area (Å²) < 4.78 is 28.9. The lowest BCUT2D eigenvalue weighted by Gasteiger charge is -2.46. The summed E-state index contributed by atoms with van der Waals surface area (Å²) in [5, 5.41) is 0. The summed E-state index contributed by atoms with van der Waals surface area (Å²) in [7, 11) is -2.98. The van der Waals surface area contributed by atoms with Gasteiger partial charge in [0.05, 0.1) is 0 Å². The topological polar surface area (TPSA) is 65.0 Å². The monoisotopic (exact) mass is 408 g/mol. The maximum absolute atomic E-state index is 12.2. The van der Waals surface area contributed by atoms with Crippen molar-refractivity contribution in [2.45, 2.75) is 77.7 Å². The first-order chi connectivity index (χ1) is 13.2. The standard InChI is InChI=1S/C22H33O5P/c1-6-7-8-9-16-13-19-21(20(14-16)27-28(23,24)25-5)17-12-15(2)10-11-18(17)22(3,4)26-19/h12-14,17-18H,6-11H2,1-5H3,(H,23,24)/t17-,18-/m1/s1. The summed E-state index contributed by atoms with van der Waals surface area (Å²) >= 11 is 0. The molecule has 0 amide bonds. The van der Waals surface area contributed by atoms with Gasteiger partial charge in [-0.15, -0.1) is 0 Å². The highest BCUT2D eigenvalue weighted by molar-refractivity contribution is 7.47. The molecule has 1 heterocycles. The zero-order chi connectivity index (χ0) is 20.5. The molecule has 1 unspecified atom stereocenters. The predicted molar refractivity (Wildman–Crippen MR) is 111 cm³/mol. The predicted octanol–water partition coefficient (Wildman–Crippen LogP) is 6.16. The van der Waals surface area contributed by atoms with E-state index in [1.807, 2.05) is 6.07 Å². The van der Waals surface area contributed by atoms with Crippen LogP contribution >= 0.6 is 7.82 Å². The molecule has 6 heteroatoms. The van der Waals surface area contributed by atoms with Gasteiger partial charge in [-0.05, 0) is 64.2 Å². The number of ether oxygens (including phenoxy) is 1. The molecule has 1 aliphatic heterocycles. The van der Waals surface area contributed by atoms with Gasteiger partial charge in [0.1, 0.15) is 17.1 Å². The number of hydrogen-bond acceptors (Lipinski definition) is 4. The normalized spacial score (nSPS) is 25.0. The Balaban J connectivity index is 2.11. The second kappa shape index (κ2) is 8.22. The van der Waals surface area contributed by atoms with Crippen molar-refractivity contribution < 1.29 is 23.2 Å². The van der Waals surface area contributed by atoms with Crippen LogP contribution < -0.4 is 9.26 Å². The van der Waals surface area contributed by atoms with E-state index >= 15 is 0 Å². The van der Waals surface area contributed by atoms with E-state index in [4.69, 9.17) is 13.8 Å². The van der Waals surface area contributed by atoms with Crippen LogP contribution in [0.2, 0.25) is 0 Å². The van der Waals surface area contributed by atoms with Gasteiger partial charge >= 0.3 is 7.82 Å². The van der Waals surface area contributed by atoms with Crippen molar-refractivity contribution in [3.05, 3.63) is 34.9 Å². The van der Waals surface area contributed by atoms with Crippen LogP contribution in [0.3, 0.4) is 0 Å². The van der Waals surface area contributed by atoms with Crippen LogP contribution in [0.25, 0.3) is 0 Å². The highest BCUT2D eigenvalue weighted by atomic mass is 31.2. The van der Waals surface area contributed by atoms with Crippen molar-refractivity contribution >= 4 is 7.82 Å². The van der Waals surface area contributed by atoms with E-state index in [0.717, 1.165) is 55.4 Å². The molecule has 3 rings (SSSR count). The number of allylic oxidation sites excluding steroid dienone is 2. The van der Waals surface area contributed by atoms with Crippen molar-refractivity contribution in [1.82, 2.24) is 0 Å². The molecule has 1 aromatic carbocycles. The molecule has 0 saturated carbocycles. The third-order valence-electron chi connectivity index (χ3n) is 6.02. The molecule has 1 aromatic rings. The molecule has 2 aliphatic rings. The number of hydrogen-bond donors (Lipinski definition) is 1. The Bertz CT molecular complexity index is 798. The number of aryl methyl sites for hydroxylation is 1. The molecular formula is C22H33O5P. The Morgan fingerprint density at radius 3 is 2.75 bits per heavy atom. The van der Waals surface area contributed by atoms with Crippen LogP contribution in [-0.4, -0.2) is 17.6 Å². The first kappa shape index (κ1) is 21.4. The number of rotatable bonds is 7. The van der Waals surface area contributed by atoms with Gasteiger partial charge in [0.2, 0.25) is 0 Å². The Morgan fingerprint density at radius 2 is 2.07 bits per heavy atom.